The van der Waals surface area contributed by atoms with Gasteiger partial charge in [-0.15, -0.1) is 0 Å². The largest absolute Gasteiger partial charge is 0.387 e. The molecule has 0 radical (unpaired) electrons. The molecular formula is C12H14N2O2. The van der Waals surface area contributed by atoms with Crippen LogP contribution < -0.4 is 0 Å². The van der Waals surface area contributed by atoms with Crippen LogP contribution in [0.25, 0.3) is 0 Å². The smallest absolute Gasteiger partial charge is 0.0992 e. The standard InChI is InChI=1S/C12H14N2O2/c13-9-12(3-6-16-7-4-12)11(15)10-2-1-5-14-8-10/h1-2,5,8,11,15H,3-4,6-7H2. The monoisotopic (exact) mass is 218 g/mol. The average Bonchev–Trinajstić information content (AvgIpc) is 2.39. The predicted octanol–water partition coefficient (Wildman–Crippen LogP) is 1.44. The number of hydrogen-bond acceptors (Lipinski definition) is 4. The van der Waals surface area contributed by atoms with E-state index in [1.165, 1.54) is 0 Å². The van der Waals surface area contributed by atoms with Gasteiger partial charge in [-0.1, -0.05) is 6.07 Å². The van der Waals surface area contributed by atoms with E-state index in [-0.39, 0.29) is 0 Å². The van der Waals surface area contributed by atoms with Crippen molar-refractivity contribution in [2.24, 2.45) is 5.41 Å². The molecule has 1 fully saturated rings. The van der Waals surface area contributed by atoms with E-state index in [4.69, 9.17) is 4.74 Å². The number of aliphatic hydroxyl groups is 1. The first-order chi connectivity index (χ1) is 7.78. The summed E-state index contributed by atoms with van der Waals surface area (Å²) in [4.78, 5) is 3.97. The summed E-state index contributed by atoms with van der Waals surface area (Å²) >= 11 is 0. The van der Waals surface area contributed by atoms with Crippen LogP contribution in [-0.4, -0.2) is 23.3 Å². The molecule has 1 aromatic rings. The molecule has 1 aliphatic rings. The zero-order chi connectivity index (χ0) is 11.4. The molecule has 16 heavy (non-hydrogen) atoms. The third kappa shape index (κ3) is 1.92. The maximum atomic E-state index is 10.3. The lowest BCUT2D eigenvalue weighted by molar-refractivity contribution is -0.0311. The highest BCUT2D eigenvalue weighted by atomic mass is 16.5. The van der Waals surface area contributed by atoms with Gasteiger partial charge in [0.1, 0.15) is 0 Å². The van der Waals surface area contributed by atoms with E-state index in [9.17, 15) is 10.4 Å². The van der Waals surface area contributed by atoms with Gasteiger partial charge in [0.15, 0.2) is 0 Å². The van der Waals surface area contributed by atoms with E-state index in [2.05, 4.69) is 11.1 Å². The molecule has 1 aromatic heterocycles. The van der Waals surface area contributed by atoms with Gasteiger partial charge in [0.2, 0.25) is 0 Å². The Balaban J connectivity index is 2.25. The Bertz CT molecular complexity index is 380. The summed E-state index contributed by atoms with van der Waals surface area (Å²) in [5.41, 5.74) is -0.0210. The number of aromatic nitrogens is 1. The molecule has 4 nitrogen and oxygen atoms in total. The molecule has 0 aromatic carbocycles. The van der Waals surface area contributed by atoms with Crippen LogP contribution in [0.2, 0.25) is 0 Å². The van der Waals surface area contributed by atoms with Crippen LogP contribution in [0, 0.1) is 16.7 Å². The van der Waals surface area contributed by atoms with Crippen LogP contribution in [-0.2, 0) is 4.74 Å². The van der Waals surface area contributed by atoms with Crippen molar-refractivity contribution in [2.75, 3.05) is 13.2 Å². The number of nitrogens with zero attached hydrogens (tertiary/aromatic N) is 2. The first-order valence-corrected chi connectivity index (χ1v) is 5.35. The Morgan fingerprint density at radius 3 is 2.81 bits per heavy atom. The van der Waals surface area contributed by atoms with E-state index < -0.39 is 11.5 Å². The van der Waals surface area contributed by atoms with Gasteiger partial charge in [0, 0.05) is 31.2 Å². The van der Waals surface area contributed by atoms with Crippen LogP contribution in [0.4, 0.5) is 0 Å². The lowest BCUT2D eigenvalue weighted by Gasteiger charge is -2.34. The Hall–Kier alpha value is -1.44. The van der Waals surface area contributed by atoms with Gasteiger partial charge < -0.3 is 9.84 Å². The van der Waals surface area contributed by atoms with E-state index in [0.717, 1.165) is 0 Å². The van der Waals surface area contributed by atoms with Gasteiger partial charge >= 0.3 is 0 Å². The van der Waals surface area contributed by atoms with Crippen molar-refractivity contribution in [1.29, 1.82) is 5.26 Å². The molecular weight excluding hydrogens is 204 g/mol. The minimum absolute atomic E-state index is 0.533. The lowest BCUT2D eigenvalue weighted by Crippen LogP contribution is -2.34. The molecule has 1 atom stereocenters. The number of ether oxygens (including phenoxy) is 1. The summed E-state index contributed by atoms with van der Waals surface area (Å²) in [6.45, 7) is 1.07. The zero-order valence-corrected chi connectivity index (χ0v) is 8.97. The molecule has 4 heteroatoms. The first-order valence-electron chi connectivity index (χ1n) is 5.35. The van der Waals surface area contributed by atoms with Crippen molar-refractivity contribution in [3.05, 3.63) is 30.1 Å². The summed E-state index contributed by atoms with van der Waals surface area (Å²) in [6.07, 6.45) is 3.62. The highest BCUT2D eigenvalue weighted by Crippen LogP contribution is 2.41. The molecule has 1 saturated heterocycles. The quantitative estimate of drug-likeness (QED) is 0.815. The van der Waals surface area contributed by atoms with Crippen LogP contribution >= 0.6 is 0 Å². The summed E-state index contributed by atoms with van der Waals surface area (Å²) in [6, 6.07) is 5.82. The van der Waals surface area contributed by atoms with Crippen LogP contribution in [0.15, 0.2) is 24.5 Å². The van der Waals surface area contributed by atoms with Crippen molar-refractivity contribution >= 4 is 0 Å². The summed E-state index contributed by atoms with van der Waals surface area (Å²) in [7, 11) is 0. The molecule has 2 heterocycles. The van der Waals surface area contributed by atoms with Crippen molar-refractivity contribution < 1.29 is 9.84 Å². The number of hydrogen-bond donors (Lipinski definition) is 1. The molecule has 1 unspecified atom stereocenters. The molecule has 2 rings (SSSR count). The van der Waals surface area contributed by atoms with Crippen molar-refractivity contribution in [1.82, 2.24) is 4.98 Å². The van der Waals surface area contributed by atoms with Gasteiger partial charge in [-0.25, -0.2) is 0 Å². The van der Waals surface area contributed by atoms with Crippen molar-refractivity contribution in [3.8, 4) is 6.07 Å². The fraction of sp³-hybridized carbons (Fsp3) is 0.500. The van der Waals surface area contributed by atoms with Gasteiger partial charge in [0.25, 0.3) is 0 Å². The van der Waals surface area contributed by atoms with E-state index >= 15 is 0 Å². The maximum Gasteiger partial charge on any atom is 0.0992 e. The number of pyridine rings is 1. The van der Waals surface area contributed by atoms with Gasteiger partial charge in [0.05, 0.1) is 17.6 Å². The van der Waals surface area contributed by atoms with Crippen LogP contribution in [0.1, 0.15) is 24.5 Å². The molecule has 0 aliphatic carbocycles. The Kier molecular flexibility index (Phi) is 3.18. The number of aliphatic hydroxyl groups excluding tert-OH is 1. The molecule has 84 valence electrons. The second-order valence-corrected chi connectivity index (χ2v) is 4.07. The summed E-state index contributed by atoms with van der Waals surface area (Å²) in [5, 5.41) is 19.6. The SMILES string of the molecule is N#CC1(C(O)c2cccnc2)CCOCC1. The van der Waals surface area contributed by atoms with Gasteiger partial charge in [-0.3, -0.25) is 4.98 Å². The minimum atomic E-state index is -0.782. The first kappa shape index (κ1) is 11.1. The van der Waals surface area contributed by atoms with Crippen molar-refractivity contribution in [2.45, 2.75) is 18.9 Å². The fourth-order valence-electron chi connectivity index (χ4n) is 2.04. The average molecular weight is 218 g/mol. The molecule has 0 bridgehead atoms. The van der Waals surface area contributed by atoms with E-state index in [1.54, 1.807) is 24.5 Å². The summed E-state index contributed by atoms with van der Waals surface area (Å²) in [5.74, 6) is 0. The van der Waals surface area contributed by atoms with Gasteiger partial charge in [-0.05, 0) is 18.9 Å². The highest BCUT2D eigenvalue weighted by Gasteiger charge is 2.40. The molecule has 1 N–H and O–H groups in total. The van der Waals surface area contributed by atoms with Crippen LogP contribution in [0.5, 0.6) is 0 Å². The Morgan fingerprint density at radius 1 is 1.50 bits per heavy atom. The third-order valence-corrected chi connectivity index (χ3v) is 3.13. The molecule has 0 spiro atoms. The normalized spacial score (nSPS) is 21.0. The highest BCUT2D eigenvalue weighted by molar-refractivity contribution is 5.20. The van der Waals surface area contributed by atoms with E-state index in [0.29, 0.717) is 31.6 Å². The second-order valence-electron chi connectivity index (χ2n) is 4.07. The van der Waals surface area contributed by atoms with Crippen LogP contribution in [0.3, 0.4) is 0 Å². The molecule has 0 amide bonds. The zero-order valence-electron chi connectivity index (χ0n) is 8.97. The third-order valence-electron chi connectivity index (χ3n) is 3.13. The van der Waals surface area contributed by atoms with Crippen molar-refractivity contribution in [3.63, 3.8) is 0 Å². The number of rotatable bonds is 2. The fourth-order valence-corrected chi connectivity index (χ4v) is 2.04. The summed E-state index contributed by atoms with van der Waals surface area (Å²) < 4.78 is 5.23. The minimum Gasteiger partial charge on any atom is -0.387 e. The number of nitriles is 1. The Morgan fingerprint density at radius 2 is 2.25 bits per heavy atom. The van der Waals surface area contributed by atoms with Gasteiger partial charge in [-0.2, -0.15) is 5.26 Å². The molecule has 0 saturated carbocycles. The van der Waals surface area contributed by atoms with E-state index in [1.807, 2.05) is 0 Å². The lowest BCUT2D eigenvalue weighted by atomic mass is 9.74. The topological polar surface area (TPSA) is 66.1 Å². The second kappa shape index (κ2) is 4.60. The molecule has 1 aliphatic heterocycles. The maximum absolute atomic E-state index is 10.3. The predicted molar refractivity (Wildman–Crippen MR) is 57.3 cm³/mol. The Labute approximate surface area is 94.5 Å².